The summed E-state index contributed by atoms with van der Waals surface area (Å²) in [7, 11) is 0. The first-order valence-electron chi connectivity index (χ1n) is 4.76. The minimum atomic E-state index is -0.285. The fraction of sp³-hybridized carbons (Fsp3) is 0.182. The van der Waals surface area contributed by atoms with E-state index in [1.54, 1.807) is 23.6 Å². The molecular weight excluding hydrogens is 291 g/mol. The molecule has 0 amide bonds. The van der Waals surface area contributed by atoms with Gasteiger partial charge in [-0.15, -0.1) is 11.3 Å². The minimum absolute atomic E-state index is 0.240. The van der Waals surface area contributed by atoms with Crippen molar-refractivity contribution in [2.24, 2.45) is 5.73 Å². The molecule has 1 heterocycles. The molecule has 0 bridgehead atoms. The molecule has 0 spiro atoms. The van der Waals surface area contributed by atoms with Gasteiger partial charge in [0, 0.05) is 24.0 Å². The number of nitrogens with two attached hydrogens (primary N) is 1. The molecule has 1 aromatic carbocycles. The lowest BCUT2D eigenvalue weighted by Gasteiger charge is -2.12. The second kappa shape index (κ2) is 5.03. The maximum Gasteiger partial charge on any atom is 0.137 e. The minimum Gasteiger partial charge on any atom is -0.324 e. The smallest absolute Gasteiger partial charge is 0.137 e. The number of halogens is 2. The van der Waals surface area contributed by atoms with Crippen LogP contribution in [0.1, 0.15) is 16.6 Å². The molecule has 16 heavy (non-hydrogen) atoms. The van der Waals surface area contributed by atoms with E-state index < -0.39 is 0 Å². The lowest BCUT2D eigenvalue weighted by molar-refractivity contribution is 0.610. The maximum atomic E-state index is 13.3. The molecule has 1 atom stereocenters. The Kier molecular flexibility index (Phi) is 3.68. The van der Waals surface area contributed by atoms with Crippen molar-refractivity contribution in [3.05, 3.63) is 50.6 Å². The average molecular weight is 301 g/mol. The summed E-state index contributed by atoms with van der Waals surface area (Å²) in [5.41, 5.74) is 6.80. The number of hydrogen-bond donors (Lipinski definition) is 1. The average Bonchev–Trinajstić information content (AvgIpc) is 2.74. The number of hydrogen-bond acceptors (Lipinski definition) is 3. The second-order valence-electron chi connectivity index (χ2n) is 3.38. The highest BCUT2D eigenvalue weighted by molar-refractivity contribution is 9.10. The predicted octanol–water partition coefficient (Wildman–Crippen LogP) is 3.29. The summed E-state index contributed by atoms with van der Waals surface area (Å²) < 4.78 is 13.7. The van der Waals surface area contributed by atoms with Crippen LogP contribution in [0, 0.1) is 5.82 Å². The lowest BCUT2D eigenvalue weighted by atomic mass is 10.1. The van der Waals surface area contributed by atoms with Gasteiger partial charge in [-0.1, -0.05) is 12.1 Å². The van der Waals surface area contributed by atoms with E-state index in [9.17, 15) is 4.39 Å². The molecule has 2 rings (SSSR count). The van der Waals surface area contributed by atoms with Gasteiger partial charge < -0.3 is 5.73 Å². The van der Waals surface area contributed by atoms with E-state index in [2.05, 4.69) is 20.9 Å². The van der Waals surface area contributed by atoms with Gasteiger partial charge in [-0.25, -0.2) is 9.37 Å². The molecular formula is C11H10BrFN2S. The van der Waals surface area contributed by atoms with Crippen LogP contribution < -0.4 is 5.73 Å². The Labute approximate surface area is 105 Å². The van der Waals surface area contributed by atoms with Crippen molar-refractivity contribution >= 4 is 27.3 Å². The van der Waals surface area contributed by atoms with Crippen LogP contribution in [0.5, 0.6) is 0 Å². The number of rotatable bonds is 3. The highest BCUT2D eigenvalue weighted by Gasteiger charge is 2.14. The van der Waals surface area contributed by atoms with E-state index in [1.165, 1.54) is 6.07 Å². The molecule has 2 aromatic rings. The van der Waals surface area contributed by atoms with E-state index in [0.717, 1.165) is 10.6 Å². The van der Waals surface area contributed by atoms with E-state index in [4.69, 9.17) is 5.73 Å². The zero-order valence-corrected chi connectivity index (χ0v) is 10.8. The van der Waals surface area contributed by atoms with Gasteiger partial charge in [0.1, 0.15) is 5.82 Å². The Morgan fingerprint density at radius 2 is 2.31 bits per heavy atom. The van der Waals surface area contributed by atoms with Crippen LogP contribution in [0.3, 0.4) is 0 Å². The lowest BCUT2D eigenvalue weighted by Crippen LogP contribution is -2.14. The van der Waals surface area contributed by atoms with Crippen LogP contribution in [-0.4, -0.2) is 4.98 Å². The summed E-state index contributed by atoms with van der Waals surface area (Å²) in [6.07, 6.45) is 2.37. The predicted molar refractivity (Wildman–Crippen MR) is 66.8 cm³/mol. The van der Waals surface area contributed by atoms with Crippen LogP contribution in [0.25, 0.3) is 0 Å². The van der Waals surface area contributed by atoms with Gasteiger partial charge in [-0.2, -0.15) is 0 Å². The SMILES string of the molecule is NC(Cc1nccs1)c1cccc(F)c1Br. The largest absolute Gasteiger partial charge is 0.324 e. The molecule has 0 fully saturated rings. The Morgan fingerprint density at radius 1 is 1.50 bits per heavy atom. The van der Waals surface area contributed by atoms with Crippen molar-refractivity contribution in [2.75, 3.05) is 0 Å². The van der Waals surface area contributed by atoms with Crippen LogP contribution in [-0.2, 0) is 6.42 Å². The van der Waals surface area contributed by atoms with E-state index in [1.807, 2.05) is 11.4 Å². The van der Waals surface area contributed by atoms with Gasteiger partial charge in [0.2, 0.25) is 0 Å². The normalized spacial score (nSPS) is 12.7. The molecule has 0 aliphatic heterocycles. The van der Waals surface area contributed by atoms with E-state index >= 15 is 0 Å². The maximum absolute atomic E-state index is 13.3. The number of thiazole rings is 1. The molecule has 0 saturated heterocycles. The number of nitrogens with zero attached hydrogens (tertiary/aromatic N) is 1. The third-order valence-electron chi connectivity index (χ3n) is 2.26. The van der Waals surface area contributed by atoms with Crippen molar-refractivity contribution in [3.8, 4) is 0 Å². The Morgan fingerprint density at radius 3 is 3.00 bits per heavy atom. The number of aromatic nitrogens is 1. The summed E-state index contributed by atoms with van der Waals surface area (Å²) in [6, 6.07) is 4.66. The second-order valence-corrected chi connectivity index (χ2v) is 5.15. The van der Waals surface area contributed by atoms with Crippen molar-refractivity contribution in [1.29, 1.82) is 0 Å². The summed E-state index contributed by atoms with van der Waals surface area (Å²) in [4.78, 5) is 4.16. The zero-order valence-electron chi connectivity index (χ0n) is 8.36. The van der Waals surface area contributed by atoms with Gasteiger partial charge in [-0.05, 0) is 27.6 Å². The molecule has 5 heteroatoms. The Balaban J connectivity index is 2.21. The monoisotopic (exact) mass is 300 g/mol. The first kappa shape index (κ1) is 11.7. The molecule has 1 unspecified atom stereocenters. The Bertz CT molecular complexity index is 473. The van der Waals surface area contributed by atoms with Crippen molar-refractivity contribution < 1.29 is 4.39 Å². The van der Waals surface area contributed by atoms with Crippen LogP contribution in [0.15, 0.2) is 34.2 Å². The van der Waals surface area contributed by atoms with Crippen molar-refractivity contribution in [2.45, 2.75) is 12.5 Å². The fourth-order valence-electron chi connectivity index (χ4n) is 1.46. The highest BCUT2D eigenvalue weighted by Crippen LogP contribution is 2.27. The highest BCUT2D eigenvalue weighted by atomic mass is 79.9. The van der Waals surface area contributed by atoms with Gasteiger partial charge in [0.15, 0.2) is 0 Å². The van der Waals surface area contributed by atoms with Gasteiger partial charge in [0.05, 0.1) is 9.48 Å². The van der Waals surface area contributed by atoms with Crippen LogP contribution >= 0.6 is 27.3 Å². The standard InChI is InChI=1S/C11H10BrFN2S/c12-11-7(2-1-3-8(11)13)9(14)6-10-15-4-5-16-10/h1-5,9H,6,14H2. The molecule has 84 valence electrons. The molecule has 0 radical (unpaired) electrons. The first-order valence-corrected chi connectivity index (χ1v) is 6.43. The fourth-order valence-corrected chi connectivity index (χ4v) is 2.69. The van der Waals surface area contributed by atoms with E-state index in [-0.39, 0.29) is 11.9 Å². The van der Waals surface area contributed by atoms with Crippen molar-refractivity contribution in [3.63, 3.8) is 0 Å². The third-order valence-corrected chi connectivity index (χ3v) is 3.90. The molecule has 2 N–H and O–H groups in total. The molecule has 0 aliphatic rings. The number of benzene rings is 1. The zero-order chi connectivity index (χ0) is 11.5. The quantitative estimate of drug-likeness (QED) is 0.945. The van der Waals surface area contributed by atoms with Gasteiger partial charge >= 0.3 is 0 Å². The van der Waals surface area contributed by atoms with Gasteiger partial charge in [-0.3, -0.25) is 0 Å². The molecule has 0 aliphatic carbocycles. The summed E-state index contributed by atoms with van der Waals surface area (Å²) in [5, 5.41) is 2.87. The van der Waals surface area contributed by atoms with Crippen LogP contribution in [0.4, 0.5) is 4.39 Å². The topological polar surface area (TPSA) is 38.9 Å². The summed E-state index contributed by atoms with van der Waals surface area (Å²) >= 11 is 4.77. The molecule has 1 aromatic heterocycles. The molecule has 0 saturated carbocycles. The first-order chi connectivity index (χ1) is 7.68. The van der Waals surface area contributed by atoms with Crippen molar-refractivity contribution in [1.82, 2.24) is 4.98 Å². The van der Waals surface area contributed by atoms with Gasteiger partial charge in [0.25, 0.3) is 0 Å². The van der Waals surface area contributed by atoms with Crippen LogP contribution in [0.2, 0.25) is 0 Å². The Hall–Kier alpha value is -0.780. The summed E-state index contributed by atoms with van der Waals surface area (Å²) in [5.74, 6) is -0.285. The molecule has 2 nitrogen and oxygen atoms in total. The summed E-state index contributed by atoms with van der Waals surface area (Å²) in [6.45, 7) is 0. The third kappa shape index (κ3) is 2.48. The van der Waals surface area contributed by atoms with E-state index in [0.29, 0.717) is 10.9 Å².